The van der Waals surface area contributed by atoms with Crippen LogP contribution in [0.5, 0.6) is 0 Å². The number of halogens is 2. The summed E-state index contributed by atoms with van der Waals surface area (Å²) in [5, 5.41) is 5.53. The minimum atomic E-state index is -0.899. The minimum Gasteiger partial charge on any atom is -0.379 e. The molecule has 0 aliphatic carbocycles. The van der Waals surface area contributed by atoms with Crippen molar-refractivity contribution in [2.75, 3.05) is 40.3 Å². The number of nitrogens with one attached hydrogen (secondary N) is 2. The Morgan fingerprint density at radius 2 is 1.93 bits per heavy atom. The summed E-state index contributed by atoms with van der Waals surface area (Å²) in [5.74, 6) is -1.76. The zero-order valence-corrected chi connectivity index (χ0v) is 23.3. The Balaban J connectivity index is 1.56. The fourth-order valence-corrected chi connectivity index (χ4v) is 4.97. The van der Waals surface area contributed by atoms with E-state index in [1.807, 2.05) is 0 Å². The van der Waals surface area contributed by atoms with Gasteiger partial charge in [0.15, 0.2) is 5.82 Å². The molecule has 0 bridgehead atoms. The van der Waals surface area contributed by atoms with Crippen molar-refractivity contribution in [3.05, 3.63) is 65.7 Å². The third-order valence-electron chi connectivity index (χ3n) is 7.22. The van der Waals surface area contributed by atoms with Crippen LogP contribution < -0.4 is 10.6 Å². The molecule has 3 unspecified atom stereocenters. The van der Waals surface area contributed by atoms with Crippen molar-refractivity contribution in [3.8, 4) is 0 Å². The number of methoxy groups -OCH3 is 1. The van der Waals surface area contributed by atoms with Gasteiger partial charge in [0, 0.05) is 45.2 Å². The van der Waals surface area contributed by atoms with Crippen LogP contribution in [0.15, 0.2) is 42.9 Å². The van der Waals surface area contributed by atoms with Gasteiger partial charge in [0.1, 0.15) is 17.6 Å². The lowest BCUT2D eigenvalue weighted by molar-refractivity contribution is -0.140. The number of carbonyl (C=O) groups excluding carboxylic acids is 3. The van der Waals surface area contributed by atoms with Crippen LogP contribution in [0.25, 0.3) is 5.78 Å². The monoisotopic (exact) mass is 571 g/mol. The van der Waals surface area contributed by atoms with E-state index in [4.69, 9.17) is 4.74 Å². The topological polar surface area (TPSA) is 121 Å². The summed E-state index contributed by atoms with van der Waals surface area (Å²) in [6.45, 7) is 2.71. The van der Waals surface area contributed by atoms with Crippen molar-refractivity contribution < 1.29 is 27.9 Å². The summed E-state index contributed by atoms with van der Waals surface area (Å²) in [6.07, 6.45) is 4.88. The van der Waals surface area contributed by atoms with Gasteiger partial charge >= 0.3 is 0 Å². The highest BCUT2D eigenvalue weighted by Gasteiger charge is 2.38. The first-order valence-electron chi connectivity index (χ1n) is 13.5. The molecule has 220 valence electrons. The smallest absolute Gasteiger partial charge is 0.274 e. The van der Waals surface area contributed by atoms with Crippen LogP contribution in [0, 0.1) is 11.6 Å². The predicted molar refractivity (Wildman–Crippen MR) is 146 cm³/mol. The van der Waals surface area contributed by atoms with E-state index >= 15 is 0 Å². The third-order valence-corrected chi connectivity index (χ3v) is 7.22. The number of carbonyl (C=O) groups is 3. The molecule has 0 spiro atoms. The zero-order chi connectivity index (χ0) is 29.5. The molecular weight excluding hydrogens is 536 g/mol. The van der Waals surface area contributed by atoms with Gasteiger partial charge in [-0.1, -0.05) is 12.1 Å². The SMILES string of the molecule is CNCC(=O)NC(C(=O)N1CCCC1CN(CCc1ccc(F)cc1)C(=O)c1cn2cc(F)cnc2n1)C(C)OC. The number of hydrogen-bond acceptors (Lipinski definition) is 7. The third kappa shape index (κ3) is 7.41. The molecule has 4 rings (SSSR count). The number of likely N-dealkylation sites (N-methyl/N-ethyl adjacent to an activating group) is 1. The molecule has 1 saturated heterocycles. The molecule has 13 heteroatoms. The standard InChI is InChI=1S/C28H35F2N7O4/c1-18(41-3)25(34-24(38)14-31-2)27(40)37-11-4-5-22(37)16-35(12-10-19-6-8-20(29)9-7-19)26(39)23-17-36-15-21(30)13-32-28(36)33-23/h6-9,13,15,17-18,22,25,31H,4-5,10-12,14,16H2,1-3H3,(H,34,38). The maximum absolute atomic E-state index is 13.7. The second-order valence-corrected chi connectivity index (χ2v) is 10.1. The fraction of sp³-hybridized carbons (Fsp3) is 0.464. The van der Waals surface area contributed by atoms with Crippen LogP contribution in [0.2, 0.25) is 0 Å². The van der Waals surface area contributed by atoms with E-state index in [1.54, 1.807) is 35.9 Å². The maximum atomic E-state index is 13.7. The Morgan fingerprint density at radius 1 is 1.17 bits per heavy atom. The van der Waals surface area contributed by atoms with Crippen LogP contribution in [0.1, 0.15) is 35.8 Å². The fourth-order valence-electron chi connectivity index (χ4n) is 4.97. The minimum absolute atomic E-state index is 0.0487. The Labute approximate surface area is 236 Å². The lowest BCUT2D eigenvalue weighted by Gasteiger charge is -2.34. The molecule has 0 saturated carbocycles. The highest BCUT2D eigenvalue weighted by Crippen LogP contribution is 2.22. The first-order valence-corrected chi connectivity index (χ1v) is 13.5. The largest absolute Gasteiger partial charge is 0.379 e. The number of amides is 3. The van der Waals surface area contributed by atoms with Gasteiger partial charge in [-0.05, 0) is 50.9 Å². The van der Waals surface area contributed by atoms with Crippen LogP contribution in [-0.4, -0.2) is 100 Å². The Hall–Kier alpha value is -3.97. The lowest BCUT2D eigenvalue weighted by Crippen LogP contribution is -2.57. The van der Waals surface area contributed by atoms with E-state index in [1.165, 1.54) is 36.0 Å². The van der Waals surface area contributed by atoms with Crippen LogP contribution in [-0.2, 0) is 20.7 Å². The van der Waals surface area contributed by atoms with E-state index in [2.05, 4.69) is 20.6 Å². The number of rotatable bonds is 12. The molecular formula is C28H35F2N7O4. The molecule has 3 heterocycles. The summed E-state index contributed by atoms with van der Waals surface area (Å²) in [4.78, 5) is 51.2. The van der Waals surface area contributed by atoms with Crippen LogP contribution >= 0.6 is 0 Å². The quantitative estimate of drug-likeness (QED) is 0.337. The molecule has 2 N–H and O–H groups in total. The van der Waals surface area contributed by atoms with E-state index in [-0.39, 0.29) is 54.8 Å². The van der Waals surface area contributed by atoms with E-state index in [0.717, 1.165) is 18.2 Å². The van der Waals surface area contributed by atoms with Crippen LogP contribution in [0.4, 0.5) is 8.78 Å². The average Bonchev–Trinajstić information content (AvgIpc) is 3.60. The number of ether oxygens (including phenoxy) is 1. The molecule has 11 nitrogen and oxygen atoms in total. The van der Waals surface area contributed by atoms with Gasteiger partial charge in [-0.3, -0.25) is 18.8 Å². The Morgan fingerprint density at radius 3 is 2.63 bits per heavy atom. The molecule has 1 aliphatic rings. The Kier molecular flexibility index (Phi) is 9.95. The number of nitrogens with zero attached hydrogens (tertiary/aromatic N) is 5. The van der Waals surface area contributed by atoms with E-state index < -0.39 is 23.9 Å². The van der Waals surface area contributed by atoms with Crippen molar-refractivity contribution in [3.63, 3.8) is 0 Å². The highest BCUT2D eigenvalue weighted by atomic mass is 19.1. The molecule has 41 heavy (non-hydrogen) atoms. The number of aromatic nitrogens is 3. The van der Waals surface area contributed by atoms with Crippen molar-refractivity contribution in [1.82, 2.24) is 34.8 Å². The lowest BCUT2D eigenvalue weighted by atomic mass is 10.1. The maximum Gasteiger partial charge on any atom is 0.274 e. The molecule has 1 aliphatic heterocycles. The van der Waals surface area contributed by atoms with Gasteiger partial charge < -0.3 is 25.2 Å². The summed E-state index contributed by atoms with van der Waals surface area (Å²) >= 11 is 0. The number of imidazole rings is 1. The second-order valence-electron chi connectivity index (χ2n) is 10.1. The van der Waals surface area contributed by atoms with Gasteiger partial charge in [-0.2, -0.15) is 0 Å². The van der Waals surface area contributed by atoms with Gasteiger partial charge in [0.05, 0.1) is 18.8 Å². The number of likely N-dealkylation sites (tertiary alicyclic amines) is 1. The van der Waals surface area contributed by atoms with Crippen molar-refractivity contribution in [2.45, 2.75) is 44.4 Å². The predicted octanol–water partition coefficient (Wildman–Crippen LogP) is 1.42. The second kappa shape index (κ2) is 13.6. The van der Waals surface area contributed by atoms with Gasteiger partial charge in [-0.25, -0.2) is 18.7 Å². The summed E-state index contributed by atoms with van der Waals surface area (Å²) in [6, 6.07) is 4.82. The zero-order valence-electron chi connectivity index (χ0n) is 23.3. The summed E-state index contributed by atoms with van der Waals surface area (Å²) in [7, 11) is 3.11. The Bertz CT molecular complexity index is 1370. The van der Waals surface area contributed by atoms with Gasteiger partial charge in [0.25, 0.3) is 5.91 Å². The van der Waals surface area contributed by atoms with Crippen molar-refractivity contribution >= 4 is 23.5 Å². The van der Waals surface area contributed by atoms with E-state index in [0.29, 0.717) is 19.4 Å². The molecule has 1 aromatic carbocycles. The summed E-state index contributed by atoms with van der Waals surface area (Å²) in [5.41, 5.74) is 0.923. The molecule has 3 atom stereocenters. The number of hydrogen-bond donors (Lipinski definition) is 2. The van der Waals surface area contributed by atoms with E-state index in [9.17, 15) is 23.2 Å². The van der Waals surface area contributed by atoms with Crippen molar-refractivity contribution in [2.24, 2.45) is 0 Å². The average molecular weight is 572 g/mol. The first-order chi connectivity index (χ1) is 19.7. The van der Waals surface area contributed by atoms with Crippen molar-refractivity contribution in [1.29, 1.82) is 0 Å². The first kappa shape index (κ1) is 30.0. The molecule has 3 amide bonds. The number of benzene rings is 1. The molecule has 3 aromatic rings. The van der Waals surface area contributed by atoms with Gasteiger partial charge in [0.2, 0.25) is 17.6 Å². The summed E-state index contributed by atoms with van der Waals surface area (Å²) < 4.78 is 33.9. The number of fused-ring (bicyclic) bond motifs is 1. The molecule has 1 fully saturated rings. The normalized spacial score (nSPS) is 16.5. The van der Waals surface area contributed by atoms with Crippen LogP contribution in [0.3, 0.4) is 0 Å². The molecule has 2 aromatic heterocycles. The molecule has 0 radical (unpaired) electrons. The highest BCUT2D eigenvalue weighted by molar-refractivity contribution is 5.93. The van der Waals surface area contributed by atoms with Gasteiger partial charge in [-0.15, -0.1) is 0 Å².